The number of halogens is 1. The molecule has 3 heteroatoms. The summed E-state index contributed by atoms with van der Waals surface area (Å²) in [6.07, 6.45) is 3.81. The van der Waals surface area contributed by atoms with Crippen molar-refractivity contribution in [2.75, 3.05) is 13.2 Å². The molecule has 2 nitrogen and oxygen atoms in total. The minimum Gasteiger partial charge on any atom is -0.378 e. The van der Waals surface area contributed by atoms with E-state index in [1.165, 1.54) is 6.07 Å². The summed E-state index contributed by atoms with van der Waals surface area (Å²) >= 11 is 0. The van der Waals surface area contributed by atoms with Crippen LogP contribution in [0.1, 0.15) is 44.7 Å². The van der Waals surface area contributed by atoms with E-state index < -0.39 is 0 Å². The van der Waals surface area contributed by atoms with Crippen molar-refractivity contribution in [1.29, 1.82) is 0 Å². The van der Waals surface area contributed by atoms with Gasteiger partial charge in [0.2, 0.25) is 0 Å². The van der Waals surface area contributed by atoms with Crippen LogP contribution in [0, 0.1) is 11.7 Å². The Morgan fingerprint density at radius 3 is 2.79 bits per heavy atom. The van der Waals surface area contributed by atoms with E-state index in [-0.39, 0.29) is 11.9 Å². The van der Waals surface area contributed by atoms with Crippen molar-refractivity contribution >= 4 is 0 Å². The quantitative estimate of drug-likeness (QED) is 0.812. The predicted molar refractivity (Wildman–Crippen MR) is 75.6 cm³/mol. The first-order valence-electron chi connectivity index (χ1n) is 7.33. The SMILES string of the molecule is CCNC(CC1CC(OCC)C1)c1cccc(F)c1. The van der Waals surface area contributed by atoms with Gasteiger partial charge < -0.3 is 10.1 Å². The van der Waals surface area contributed by atoms with E-state index in [0.29, 0.717) is 12.0 Å². The monoisotopic (exact) mass is 265 g/mol. The summed E-state index contributed by atoms with van der Waals surface area (Å²) in [7, 11) is 0. The summed E-state index contributed by atoms with van der Waals surface area (Å²) in [6, 6.07) is 7.20. The van der Waals surface area contributed by atoms with E-state index in [2.05, 4.69) is 12.2 Å². The smallest absolute Gasteiger partial charge is 0.123 e. The molecule has 1 aliphatic rings. The van der Waals surface area contributed by atoms with Crippen molar-refractivity contribution in [2.24, 2.45) is 5.92 Å². The molecular formula is C16H24FNO. The van der Waals surface area contributed by atoms with Crippen molar-refractivity contribution in [3.05, 3.63) is 35.6 Å². The lowest BCUT2D eigenvalue weighted by molar-refractivity contribution is -0.0291. The van der Waals surface area contributed by atoms with Crippen LogP contribution >= 0.6 is 0 Å². The third kappa shape index (κ3) is 4.02. The Balaban J connectivity index is 1.90. The Morgan fingerprint density at radius 2 is 2.16 bits per heavy atom. The zero-order chi connectivity index (χ0) is 13.7. The predicted octanol–water partition coefficient (Wildman–Crippen LogP) is 3.68. The molecule has 1 aromatic rings. The van der Waals surface area contributed by atoms with Crippen LogP contribution < -0.4 is 5.32 Å². The number of benzene rings is 1. The lowest BCUT2D eigenvalue weighted by atomic mass is 9.77. The summed E-state index contributed by atoms with van der Waals surface area (Å²) < 4.78 is 18.9. The molecule has 1 saturated carbocycles. The summed E-state index contributed by atoms with van der Waals surface area (Å²) in [4.78, 5) is 0. The Morgan fingerprint density at radius 1 is 1.37 bits per heavy atom. The second kappa shape index (κ2) is 7.01. The van der Waals surface area contributed by atoms with Crippen LogP contribution in [0.15, 0.2) is 24.3 Å². The first-order valence-corrected chi connectivity index (χ1v) is 7.33. The minimum absolute atomic E-state index is 0.152. The van der Waals surface area contributed by atoms with Crippen LogP contribution in [0.25, 0.3) is 0 Å². The lowest BCUT2D eigenvalue weighted by Gasteiger charge is -2.37. The van der Waals surface area contributed by atoms with Gasteiger partial charge >= 0.3 is 0 Å². The maximum atomic E-state index is 13.3. The first kappa shape index (κ1) is 14.5. The van der Waals surface area contributed by atoms with E-state index in [1.807, 2.05) is 13.0 Å². The average Bonchev–Trinajstić information content (AvgIpc) is 2.35. The van der Waals surface area contributed by atoms with Crippen molar-refractivity contribution in [3.63, 3.8) is 0 Å². The number of nitrogens with one attached hydrogen (secondary N) is 1. The normalized spacial score (nSPS) is 23.9. The van der Waals surface area contributed by atoms with Crippen molar-refractivity contribution < 1.29 is 9.13 Å². The summed E-state index contributed by atoms with van der Waals surface area (Å²) in [5.74, 6) is 0.546. The van der Waals surface area contributed by atoms with Crippen LogP contribution in [0.3, 0.4) is 0 Å². The third-order valence-corrected chi connectivity index (χ3v) is 3.87. The van der Waals surface area contributed by atoms with Gasteiger partial charge in [-0.25, -0.2) is 4.39 Å². The van der Waals surface area contributed by atoms with Gasteiger partial charge in [-0.3, -0.25) is 0 Å². The largest absolute Gasteiger partial charge is 0.378 e. The van der Waals surface area contributed by atoms with E-state index >= 15 is 0 Å². The second-order valence-electron chi connectivity index (χ2n) is 5.32. The number of hydrogen-bond donors (Lipinski definition) is 1. The molecule has 0 heterocycles. The summed E-state index contributed by atoms with van der Waals surface area (Å²) in [5.41, 5.74) is 1.06. The standard InChI is InChI=1S/C16H24FNO/c1-3-18-16(13-6-5-7-14(17)11-13)10-12-8-15(9-12)19-4-2/h5-7,11-12,15-16,18H,3-4,8-10H2,1-2H3. The molecule has 1 unspecified atom stereocenters. The highest BCUT2D eigenvalue weighted by Crippen LogP contribution is 2.37. The Kier molecular flexibility index (Phi) is 5.34. The van der Waals surface area contributed by atoms with Gasteiger partial charge in [-0.1, -0.05) is 19.1 Å². The minimum atomic E-state index is -0.152. The Bertz CT molecular complexity index is 390. The van der Waals surface area contributed by atoms with Crippen LogP contribution in [-0.4, -0.2) is 19.3 Å². The van der Waals surface area contributed by atoms with Gasteiger partial charge in [-0.15, -0.1) is 0 Å². The van der Waals surface area contributed by atoms with E-state index in [0.717, 1.165) is 38.0 Å². The van der Waals surface area contributed by atoms with Gasteiger partial charge in [-0.05, 0) is 56.3 Å². The van der Waals surface area contributed by atoms with E-state index in [4.69, 9.17) is 4.74 Å². The lowest BCUT2D eigenvalue weighted by Crippen LogP contribution is -2.34. The van der Waals surface area contributed by atoms with Crippen LogP contribution in [0.4, 0.5) is 4.39 Å². The van der Waals surface area contributed by atoms with Gasteiger partial charge in [0.15, 0.2) is 0 Å². The maximum absolute atomic E-state index is 13.3. The summed E-state index contributed by atoms with van der Waals surface area (Å²) in [5, 5.41) is 3.46. The molecule has 0 bridgehead atoms. The van der Waals surface area contributed by atoms with E-state index in [1.54, 1.807) is 12.1 Å². The second-order valence-corrected chi connectivity index (χ2v) is 5.32. The van der Waals surface area contributed by atoms with Gasteiger partial charge in [-0.2, -0.15) is 0 Å². The summed E-state index contributed by atoms with van der Waals surface area (Å²) in [6.45, 7) is 5.85. The van der Waals surface area contributed by atoms with Crippen LogP contribution in [0.2, 0.25) is 0 Å². The number of ether oxygens (including phenoxy) is 1. The Hall–Kier alpha value is -0.930. The van der Waals surface area contributed by atoms with Gasteiger partial charge in [0, 0.05) is 12.6 Å². The fourth-order valence-electron chi connectivity index (χ4n) is 2.88. The molecule has 19 heavy (non-hydrogen) atoms. The molecule has 2 rings (SSSR count). The molecule has 0 aromatic heterocycles. The molecule has 0 spiro atoms. The molecular weight excluding hydrogens is 241 g/mol. The third-order valence-electron chi connectivity index (χ3n) is 3.87. The highest BCUT2D eigenvalue weighted by atomic mass is 19.1. The van der Waals surface area contributed by atoms with Crippen molar-refractivity contribution in [3.8, 4) is 0 Å². The van der Waals surface area contributed by atoms with Gasteiger partial charge in [0.25, 0.3) is 0 Å². The van der Waals surface area contributed by atoms with Crippen LogP contribution in [0.5, 0.6) is 0 Å². The molecule has 0 amide bonds. The highest BCUT2D eigenvalue weighted by molar-refractivity contribution is 5.20. The molecule has 0 aliphatic heterocycles. The zero-order valence-corrected chi connectivity index (χ0v) is 11.9. The Labute approximate surface area is 115 Å². The zero-order valence-electron chi connectivity index (χ0n) is 11.9. The molecule has 1 atom stereocenters. The van der Waals surface area contributed by atoms with E-state index in [9.17, 15) is 4.39 Å². The molecule has 1 N–H and O–H groups in total. The first-order chi connectivity index (χ1) is 9.22. The molecule has 0 radical (unpaired) electrons. The van der Waals surface area contributed by atoms with Crippen molar-refractivity contribution in [2.45, 2.75) is 45.3 Å². The average molecular weight is 265 g/mol. The molecule has 1 aromatic carbocycles. The number of rotatable bonds is 7. The highest BCUT2D eigenvalue weighted by Gasteiger charge is 2.31. The maximum Gasteiger partial charge on any atom is 0.123 e. The molecule has 1 fully saturated rings. The fourth-order valence-corrected chi connectivity index (χ4v) is 2.88. The fraction of sp³-hybridized carbons (Fsp3) is 0.625. The van der Waals surface area contributed by atoms with Gasteiger partial charge in [0.05, 0.1) is 6.10 Å². The van der Waals surface area contributed by atoms with Gasteiger partial charge in [0.1, 0.15) is 5.82 Å². The topological polar surface area (TPSA) is 21.3 Å². The molecule has 106 valence electrons. The van der Waals surface area contributed by atoms with Crippen molar-refractivity contribution in [1.82, 2.24) is 5.32 Å². The number of hydrogen-bond acceptors (Lipinski definition) is 2. The molecule has 0 saturated heterocycles. The van der Waals surface area contributed by atoms with Crippen LogP contribution in [-0.2, 0) is 4.74 Å². The molecule has 1 aliphatic carbocycles.